The highest BCUT2D eigenvalue weighted by Gasteiger charge is 2.23. The summed E-state index contributed by atoms with van der Waals surface area (Å²) in [6.45, 7) is 1.72. The molecule has 1 atom stereocenters. The monoisotopic (exact) mass is 473 g/mol. The van der Waals surface area contributed by atoms with E-state index in [2.05, 4.69) is 9.97 Å². The molecule has 0 bridgehead atoms. The highest BCUT2D eigenvalue weighted by Crippen LogP contribution is 2.30. The van der Waals surface area contributed by atoms with E-state index in [4.69, 9.17) is 9.47 Å². The van der Waals surface area contributed by atoms with Gasteiger partial charge >= 0.3 is 4.34 Å². The molecule has 2 aromatic carbocycles. The van der Waals surface area contributed by atoms with E-state index in [1.54, 1.807) is 50.4 Å². The number of aryl methyl sites for hydroxylation is 1. The summed E-state index contributed by atoms with van der Waals surface area (Å²) >= 11 is -0.305. The summed E-state index contributed by atoms with van der Waals surface area (Å²) in [7, 11) is 3.07. The van der Waals surface area contributed by atoms with Crippen LogP contribution < -0.4 is 15.0 Å². The molecule has 2 aromatic heterocycles. The first-order chi connectivity index (χ1) is 15.3. The third-order valence-electron chi connectivity index (χ3n) is 5.00. The van der Waals surface area contributed by atoms with Crippen LogP contribution in [0.15, 0.2) is 45.5 Å². The number of fused-ring (bicyclic) bond motifs is 1. The second kappa shape index (κ2) is 8.89. The molecule has 0 spiro atoms. The van der Waals surface area contributed by atoms with E-state index in [0.717, 1.165) is 11.3 Å². The predicted octanol–water partition coefficient (Wildman–Crippen LogP) is 3.77. The molecule has 0 N–H and O–H groups in total. The molecule has 4 rings (SSSR count). The van der Waals surface area contributed by atoms with E-state index in [9.17, 15) is 9.35 Å². The van der Waals surface area contributed by atoms with Crippen LogP contribution in [-0.4, -0.2) is 39.6 Å². The number of hydrogen-bond acceptors (Lipinski definition) is 7. The minimum absolute atomic E-state index is 0.0692. The molecule has 0 radical (unpaired) electrons. The summed E-state index contributed by atoms with van der Waals surface area (Å²) in [4.78, 5) is 22.6. The number of aromatic nitrogens is 3. The molecule has 0 aliphatic heterocycles. The molecule has 0 amide bonds. The summed E-state index contributed by atoms with van der Waals surface area (Å²) in [6, 6.07) is 10.2. The number of hydrogen-bond donors (Lipinski definition) is 0. The van der Waals surface area contributed by atoms with Gasteiger partial charge < -0.3 is 14.0 Å². The first-order valence-electron chi connectivity index (χ1n) is 9.55. The van der Waals surface area contributed by atoms with Crippen LogP contribution in [0.1, 0.15) is 11.1 Å². The molecule has 4 aromatic rings. The van der Waals surface area contributed by atoms with Gasteiger partial charge in [-0.2, -0.15) is 4.98 Å². The van der Waals surface area contributed by atoms with Crippen molar-refractivity contribution < 1.29 is 18.4 Å². The summed E-state index contributed by atoms with van der Waals surface area (Å²) in [5, 5.41) is 0. The molecule has 166 valence electrons. The van der Waals surface area contributed by atoms with Gasteiger partial charge in [-0.3, -0.25) is 9.36 Å². The largest absolute Gasteiger partial charge is 0.610 e. The maximum Gasteiger partial charge on any atom is 0.304 e. The molecular formula is C22H20FN3O4S2. The molecule has 32 heavy (non-hydrogen) atoms. The number of ether oxygens (including phenoxy) is 2. The Hall–Kier alpha value is -2.95. The number of benzene rings is 2. The maximum atomic E-state index is 15.1. The van der Waals surface area contributed by atoms with Crippen LogP contribution in [-0.2, 0) is 17.7 Å². The number of halogens is 1. The molecule has 1 unspecified atom stereocenters. The van der Waals surface area contributed by atoms with Crippen LogP contribution in [0.5, 0.6) is 11.5 Å². The predicted molar refractivity (Wildman–Crippen MR) is 123 cm³/mol. The zero-order chi connectivity index (χ0) is 23.0. The smallest absolute Gasteiger partial charge is 0.304 e. The Balaban J connectivity index is 1.98. The molecule has 0 saturated heterocycles. The van der Waals surface area contributed by atoms with Crippen molar-refractivity contribution in [1.29, 1.82) is 0 Å². The fourth-order valence-corrected chi connectivity index (χ4v) is 4.93. The topological polar surface area (TPSA) is 89.3 Å². The third kappa shape index (κ3) is 3.96. The summed E-state index contributed by atoms with van der Waals surface area (Å²) < 4.78 is 39.4. The van der Waals surface area contributed by atoms with Crippen LogP contribution in [0.2, 0.25) is 0 Å². The summed E-state index contributed by atoms with van der Waals surface area (Å²) in [5.41, 5.74) is 0.968. The number of methoxy groups -OCH3 is 2. The van der Waals surface area contributed by atoms with Crippen LogP contribution >= 0.6 is 11.3 Å². The van der Waals surface area contributed by atoms with E-state index < -0.39 is 22.6 Å². The Kier molecular flexibility index (Phi) is 6.18. The molecular weight excluding hydrogens is 453 g/mol. The van der Waals surface area contributed by atoms with Gasteiger partial charge in [-0.25, -0.2) is 9.37 Å². The van der Waals surface area contributed by atoms with Gasteiger partial charge in [-0.05, 0) is 42.0 Å². The van der Waals surface area contributed by atoms with Crippen LogP contribution in [0.4, 0.5) is 4.39 Å². The van der Waals surface area contributed by atoms with Gasteiger partial charge in [0.15, 0.2) is 10.3 Å². The van der Waals surface area contributed by atoms with Gasteiger partial charge in [0, 0.05) is 22.8 Å². The Bertz CT molecular complexity index is 1370. The average Bonchev–Trinajstić information content (AvgIpc) is 3.22. The Morgan fingerprint density at radius 1 is 1.19 bits per heavy atom. The fourth-order valence-electron chi connectivity index (χ4n) is 3.34. The van der Waals surface area contributed by atoms with Crippen molar-refractivity contribution in [3.05, 3.63) is 63.7 Å². The first kappa shape index (κ1) is 22.3. The minimum atomic E-state index is -1.37. The molecule has 10 heteroatoms. The fraction of sp³-hybridized carbons (Fsp3) is 0.227. The van der Waals surface area contributed by atoms with Crippen LogP contribution in [0, 0.1) is 12.7 Å². The Morgan fingerprint density at radius 3 is 2.66 bits per heavy atom. The highest BCUT2D eigenvalue weighted by atomic mass is 32.2. The van der Waals surface area contributed by atoms with Gasteiger partial charge in [-0.15, -0.1) is 0 Å². The second-order valence-electron chi connectivity index (χ2n) is 7.03. The lowest BCUT2D eigenvalue weighted by molar-refractivity contribution is 0.390. The van der Waals surface area contributed by atoms with E-state index in [-0.39, 0.29) is 23.4 Å². The van der Waals surface area contributed by atoms with Crippen molar-refractivity contribution >= 4 is 32.9 Å². The van der Waals surface area contributed by atoms with Crippen LogP contribution in [0.3, 0.4) is 0 Å². The normalized spacial score (nSPS) is 12.2. The molecule has 2 heterocycles. The third-order valence-corrected chi connectivity index (χ3v) is 7.28. The van der Waals surface area contributed by atoms with Crippen molar-refractivity contribution in [2.24, 2.45) is 0 Å². The molecule has 0 aliphatic carbocycles. The lowest BCUT2D eigenvalue weighted by Gasteiger charge is -2.16. The van der Waals surface area contributed by atoms with E-state index in [1.807, 2.05) is 0 Å². The van der Waals surface area contributed by atoms with Gasteiger partial charge in [0.2, 0.25) is 0 Å². The van der Waals surface area contributed by atoms with Gasteiger partial charge in [0.1, 0.15) is 29.4 Å². The first-order valence-corrected chi connectivity index (χ1v) is 11.9. The average molecular weight is 474 g/mol. The van der Waals surface area contributed by atoms with Crippen molar-refractivity contribution in [1.82, 2.24) is 14.5 Å². The molecule has 0 saturated carbocycles. The second-order valence-corrected chi connectivity index (χ2v) is 9.56. The summed E-state index contributed by atoms with van der Waals surface area (Å²) in [5.74, 6) is 0.823. The van der Waals surface area contributed by atoms with Crippen molar-refractivity contribution in [2.75, 3.05) is 20.5 Å². The Labute approximate surface area is 190 Å². The Morgan fingerprint density at radius 2 is 1.97 bits per heavy atom. The zero-order valence-corrected chi connectivity index (χ0v) is 19.5. The number of rotatable bonds is 6. The quantitative estimate of drug-likeness (QED) is 0.396. The number of nitrogens with zero attached hydrogens (tertiary/aromatic N) is 3. The minimum Gasteiger partial charge on any atom is -0.610 e. The summed E-state index contributed by atoms with van der Waals surface area (Å²) in [6.07, 6.45) is 1.49. The van der Waals surface area contributed by atoms with Crippen molar-refractivity contribution in [3.8, 4) is 22.9 Å². The molecule has 0 fully saturated rings. The van der Waals surface area contributed by atoms with Gasteiger partial charge in [-0.1, -0.05) is 12.1 Å². The molecule has 7 nitrogen and oxygen atoms in total. The lowest BCUT2D eigenvalue weighted by atomic mass is 10.1. The standard InChI is InChI=1S/C22H20FN3O4S2/c1-12-6-5-7-15(17(12)23)19-25-20-18(24-22(31-20)32(4)28)21(27)26(19)11-13-8-9-14(29-2)10-16(13)30-3/h5-10H,11H2,1-4H3. The lowest BCUT2D eigenvalue weighted by Crippen LogP contribution is -2.24. The highest BCUT2D eigenvalue weighted by molar-refractivity contribution is 7.92. The maximum absolute atomic E-state index is 15.1. The van der Waals surface area contributed by atoms with Crippen LogP contribution in [0.25, 0.3) is 21.7 Å². The SMILES string of the molecule is COc1ccc(Cn2c(-c3cccc(C)c3F)nc3sc([S+](C)[O-])nc3c2=O)c(OC)c1. The van der Waals surface area contributed by atoms with E-state index in [0.29, 0.717) is 31.8 Å². The van der Waals surface area contributed by atoms with E-state index >= 15 is 4.39 Å². The zero-order valence-electron chi connectivity index (χ0n) is 17.8. The van der Waals surface area contributed by atoms with Crippen molar-refractivity contribution in [3.63, 3.8) is 0 Å². The van der Waals surface area contributed by atoms with Gasteiger partial charge in [0.05, 0.1) is 26.3 Å². The van der Waals surface area contributed by atoms with Crippen molar-refractivity contribution in [2.45, 2.75) is 17.8 Å². The molecule has 0 aliphatic rings. The van der Waals surface area contributed by atoms with E-state index in [1.165, 1.54) is 17.9 Å². The van der Waals surface area contributed by atoms with Gasteiger partial charge in [0.25, 0.3) is 5.56 Å². The number of thiazole rings is 1.